The van der Waals surface area contributed by atoms with Gasteiger partial charge in [-0.1, -0.05) is 0 Å². The highest BCUT2D eigenvalue weighted by atomic mass is 16.5. The van der Waals surface area contributed by atoms with Crippen LogP contribution in [0.3, 0.4) is 0 Å². The van der Waals surface area contributed by atoms with Crippen molar-refractivity contribution in [3.05, 3.63) is 23.3 Å². The molecule has 0 bridgehead atoms. The standard InChI is InChI=1S/C13H16N2O2/c1-17-13-7-12(16)9(5-10(13)8-14)6-11-3-2-4-15-11/h5,7,11,15-16H,2-4,6H2,1H3. The van der Waals surface area contributed by atoms with Gasteiger partial charge in [0, 0.05) is 12.1 Å². The van der Waals surface area contributed by atoms with Crippen LogP contribution >= 0.6 is 0 Å². The van der Waals surface area contributed by atoms with Crippen LogP contribution in [-0.2, 0) is 6.42 Å². The highest BCUT2D eigenvalue weighted by molar-refractivity contribution is 5.51. The van der Waals surface area contributed by atoms with Gasteiger partial charge in [0.1, 0.15) is 17.6 Å². The summed E-state index contributed by atoms with van der Waals surface area (Å²) in [5.74, 6) is 0.627. The normalized spacial score (nSPS) is 18.9. The number of nitrogens with one attached hydrogen (secondary N) is 1. The molecule has 0 aromatic heterocycles. The number of hydrogen-bond donors (Lipinski definition) is 2. The van der Waals surface area contributed by atoms with Gasteiger partial charge in [-0.15, -0.1) is 0 Å². The van der Waals surface area contributed by atoms with Crippen molar-refractivity contribution < 1.29 is 9.84 Å². The van der Waals surface area contributed by atoms with Crippen LogP contribution in [0.2, 0.25) is 0 Å². The lowest BCUT2D eigenvalue weighted by Gasteiger charge is -2.13. The van der Waals surface area contributed by atoms with Crippen molar-refractivity contribution in [2.24, 2.45) is 0 Å². The number of nitriles is 1. The summed E-state index contributed by atoms with van der Waals surface area (Å²) in [7, 11) is 1.49. The van der Waals surface area contributed by atoms with E-state index >= 15 is 0 Å². The van der Waals surface area contributed by atoms with Gasteiger partial charge in [0.15, 0.2) is 0 Å². The molecular weight excluding hydrogens is 216 g/mol. The fraction of sp³-hybridized carbons (Fsp3) is 0.462. The lowest BCUT2D eigenvalue weighted by atomic mass is 10.0. The zero-order valence-corrected chi connectivity index (χ0v) is 9.86. The summed E-state index contributed by atoms with van der Waals surface area (Å²) in [6, 6.07) is 5.72. The number of phenolic OH excluding ortho intramolecular Hbond substituents is 1. The molecule has 2 N–H and O–H groups in total. The van der Waals surface area contributed by atoms with Crippen molar-refractivity contribution in [3.63, 3.8) is 0 Å². The number of hydrogen-bond acceptors (Lipinski definition) is 4. The zero-order chi connectivity index (χ0) is 12.3. The van der Waals surface area contributed by atoms with E-state index in [-0.39, 0.29) is 5.75 Å². The second-order valence-electron chi connectivity index (χ2n) is 4.29. The molecule has 0 aliphatic carbocycles. The molecule has 0 saturated carbocycles. The molecular formula is C13H16N2O2. The summed E-state index contributed by atoms with van der Waals surface area (Å²) in [5.41, 5.74) is 1.28. The maximum absolute atomic E-state index is 9.89. The third-order valence-electron chi connectivity index (χ3n) is 3.15. The molecule has 1 aliphatic rings. The second-order valence-corrected chi connectivity index (χ2v) is 4.29. The van der Waals surface area contributed by atoms with Gasteiger partial charge < -0.3 is 15.2 Å². The fourth-order valence-corrected chi connectivity index (χ4v) is 2.23. The summed E-state index contributed by atoms with van der Waals surface area (Å²) in [5, 5.41) is 22.3. The van der Waals surface area contributed by atoms with Crippen LogP contribution in [0.4, 0.5) is 0 Å². The SMILES string of the molecule is COc1cc(O)c(CC2CCCN2)cc1C#N. The van der Waals surface area contributed by atoms with Crippen LogP contribution in [0.5, 0.6) is 11.5 Å². The molecule has 1 saturated heterocycles. The first-order valence-corrected chi connectivity index (χ1v) is 5.78. The Kier molecular flexibility index (Phi) is 3.50. The largest absolute Gasteiger partial charge is 0.508 e. The number of rotatable bonds is 3. The summed E-state index contributed by atoms with van der Waals surface area (Å²) in [6.07, 6.45) is 3.05. The number of phenols is 1. The quantitative estimate of drug-likeness (QED) is 0.830. The van der Waals surface area contributed by atoms with Crippen molar-refractivity contribution in [2.45, 2.75) is 25.3 Å². The van der Waals surface area contributed by atoms with Crippen molar-refractivity contribution in [1.82, 2.24) is 5.32 Å². The molecule has 4 heteroatoms. The molecule has 90 valence electrons. The maximum Gasteiger partial charge on any atom is 0.140 e. The van der Waals surface area contributed by atoms with Crippen molar-refractivity contribution in [3.8, 4) is 17.6 Å². The van der Waals surface area contributed by atoms with E-state index in [0.717, 1.165) is 24.9 Å². The highest BCUT2D eigenvalue weighted by Gasteiger charge is 2.17. The molecule has 0 radical (unpaired) electrons. The molecule has 4 nitrogen and oxygen atoms in total. The molecule has 1 aliphatic heterocycles. The summed E-state index contributed by atoms with van der Waals surface area (Å²) < 4.78 is 5.04. The van der Waals surface area contributed by atoms with Gasteiger partial charge in [-0.2, -0.15) is 5.26 Å². The van der Waals surface area contributed by atoms with E-state index < -0.39 is 0 Å². The molecule has 2 rings (SSSR count). The Morgan fingerprint density at radius 3 is 3.00 bits per heavy atom. The molecule has 1 aromatic carbocycles. The minimum atomic E-state index is 0.203. The molecule has 1 unspecified atom stereocenters. The van der Waals surface area contributed by atoms with Crippen molar-refractivity contribution in [2.75, 3.05) is 13.7 Å². The molecule has 1 atom stereocenters. The third kappa shape index (κ3) is 2.51. The monoisotopic (exact) mass is 232 g/mol. The smallest absolute Gasteiger partial charge is 0.140 e. The predicted octanol–water partition coefficient (Wildman–Crippen LogP) is 1.57. The number of ether oxygens (including phenoxy) is 1. The van der Waals surface area contributed by atoms with E-state index in [1.54, 1.807) is 6.07 Å². The zero-order valence-electron chi connectivity index (χ0n) is 9.86. The van der Waals surface area contributed by atoms with Gasteiger partial charge in [-0.3, -0.25) is 0 Å². The van der Waals surface area contributed by atoms with Crippen LogP contribution in [0.1, 0.15) is 24.0 Å². The summed E-state index contributed by atoms with van der Waals surface area (Å²) >= 11 is 0. The van der Waals surface area contributed by atoms with Gasteiger partial charge in [0.25, 0.3) is 0 Å². The summed E-state index contributed by atoms with van der Waals surface area (Å²) in [4.78, 5) is 0. The fourth-order valence-electron chi connectivity index (χ4n) is 2.23. The van der Waals surface area contributed by atoms with E-state index in [0.29, 0.717) is 17.4 Å². The highest BCUT2D eigenvalue weighted by Crippen LogP contribution is 2.29. The molecule has 0 spiro atoms. The van der Waals surface area contributed by atoms with Crippen LogP contribution in [0, 0.1) is 11.3 Å². The van der Waals surface area contributed by atoms with Gasteiger partial charge in [0.05, 0.1) is 12.7 Å². The van der Waals surface area contributed by atoms with E-state index in [1.165, 1.54) is 19.6 Å². The topological polar surface area (TPSA) is 65.3 Å². The first-order valence-electron chi connectivity index (χ1n) is 5.78. The van der Waals surface area contributed by atoms with Crippen LogP contribution in [0.15, 0.2) is 12.1 Å². The van der Waals surface area contributed by atoms with Crippen molar-refractivity contribution >= 4 is 0 Å². The lowest BCUT2D eigenvalue weighted by molar-refractivity contribution is 0.404. The average Bonchev–Trinajstić information content (AvgIpc) is 2.84. The molecule has 1 aromatic rings. The Labute approximate surface area is 101 Å². The van der Waals surface area contributed by atoms with Gasteiger partial charge in [0.2, 0.25) is 0 Å². The Morgan fingerprint density at radius 2 is 2.41 bits per heavy atom. The average molecular weight is 232 g/mol. The predicted molar refractivity (Wildman–Crippen MR) is 64.1 cm³/mol. The van der Waals surface area contributed by atoms with Gasteiger partial charge in [-0.05, 0) is 37.4 Å². The Bertz CT molecular complexity index is 445. The molecule has 17 heavy (non-hydrogen) atoms. The van der Waals surface area contributed by atoms with Crippen LogP contribution in [0.25, 0.3) is 0 Å². The van der Waals surface area contributed by atoms with E-state index in [9.17, 15) is 5.11 Å². The Morgan fingerprint density at radius 1 is 1.59 bits per heavy atom. The van der Waals surface area contributed by atoms with Crippen LogP contribution in [-0.4, -0.2) is 24.8 Å². The first kappa shape index (κ1) is 11.7. The number of nitrogens with zero attached hydrogens (tertiary/aromatic N) is 1. The third-order valence-corrected chi connectivity index (χ3v) is 3.15. The van der Waals surface area contributed by atoms with Crippen LogP contribution < -0.4 is 10.1 Å². The molecule has 1 heterocycles. The first-order chi connectivity index (χ1) is 8.24. The van der Waals surface area contributed by atoms with E-state index in [2.05, 4.69) is 11.4 Å². The molecule has 1 fully saturated rings. The second kappa shape index (κ2) is 5.07. The minimum absolute atomic E-state index is 0.203. The minimum Gasteiger partial charge on any atom is -0.508 e. The van der Waals surface area contributed by atoms with E-state index in [1.807, 2.05) is 0 Å². The van der Waals surface area contributed by atoms with Crippen molar-refractivity contribution in [1.29, 1.82) is 5.26 Å². The number of aromatic hydroxyl groups is 1. The number of benzene rings is 1. The lowest BCUT2D eigenvalue weighted by Crippen LogP contribution is -2.23. The number of methoxy groups -OCH3 is 1. The van der Waals surface area contributed by atoms with Gasteiger partial charge >= 0.3 is 0 Å². The summed E-state index contributed by atoms with van der Waals surface area (Å²) in [6.45, 7) is 1.03. The Hall–Kier alpha value is -1.73. The maximum atomic E-state index is 9.89. The Balaban J connectivity index is 2.24. The van der Waals surface area contributed by atoms with Gasteiger partial charge in [-0.25, -0.2) is 0 Å². The molecule has 0 amide bonds. The van der Waals surface area contributed by atoms with E-state index in [4.69, 9.17) is 10.00 Å².